The topological polar surface area (TPSA) is 121 Å². The number of halogens is 2. The van der Waals surface area contributed by atoms with E-state index in [1.807, 2.05) is 6.92 Å². The maximum atomic E-state index is 13.2. The molecule has 0 saturated heterocycles. The van der Waals surface area contributed by atoms with Crippen molar-refractivity contribution < 1.29 is 23.5 Å². The van der Waals surface area contributed by atoms with Crippen LogP contribution in [0.25, 0.3) is 0 Å². The number of carbonyl (C=O) groups excluding carboxylic acids is 3. The first-order chi connectivity index (χ1) is 15.8. The minimum atomic E-state index is -0.471. The maximum Gasteiger partial charge on any atom is 0.269 e. The van der Waals surface area contributed by atoms with Gasteiger partial charge in [0.25, 0.3) is 11.8 Å². The molecule has 0 bridgehead atoms. The lowest BCUT2D eigenvalue weighted by Gasteiger charge is -2.28. The summed E-state index contributed by atoms with van der Waals surface area (Å²) in [6.07, 6.45) is 2.27. The average Bonchev–Trinajstić information content (AvgIpc) is 3.30. The Bertz CT molecular complexity index is 933. The summed E-state index contributed by atoms with van der Waals surface area (Å²) in [6.45, 7) is 2.43. The lowest BCUT2D eigenvalue weighted by molar-refractivity contribution is -0.122. The van der Waals surface area contributed by atoms with Gasteiger partial charge in [0.2, 0.25) is 5.91 Å². The molecule has 1 aromatic rings. The van der Waals surface area contributed by atoms with E-state index in [9.17, 15) is 18.8 Å². The Balaban J connectivity index is 1.50. The van der Waals surface area contributed by atoms with Gasteiger partial charge in [-0.15, -0.1) is 0 Å². The molecule has 1 aliphatic carbocycles. The third-order valence-electron chi connectivity index (χ3n) is 5.81. The summed E-state index contributed by atoms with van der Waals surface area (Å²) in [5.41, 5.74) is 0.763. The van der Waals surface area contributed by atoms with Gasteiger partial charge in [-0.1, -0.05) is 11.6 Å². The third-order valence-corrected chi connectivity index (χ3v) is 6.12. The number of nitrogens with one attached hydrogen (secondary N) is 5. The molecule has 33 heavy (non-hydrogen) atoms. The summed E-state index contributed by atoms with van der Waals surface area (Å²) in [4.78, 5) is 37.7. The highest BCUT2D eigenvalue weighted by atomic mass is 35.5. The number of rotatable bonds is 8. The first kappa shape index (κ1) is 24.8. The lowest BCUT2D eigenvalue weighted by Crippen LogP contribution is -2.42. The van der Waals surface area contributed by atoms with Crippen molar-refractivity contribution in [1.29, 1.82) is 0 Å². The minimum absolute atomic E-state index is 0.108. The van der Waals surface area contributed by atoms with E-state index in [4.69, 9.17) is 16.3 Å². The number of amides is 3. The molecule has 3 amide bonds. The van der Waals surface area contributed by atoms with Crippen LogP contribution in [-0.4, -0.2) is 50.2 Å². The predicted octanol–water partition coefficient (Wildman–Crippen LogP) is 1.61. The highest BCUT2D eigenvalue weighted by Crippen LogP contribution is 2.28. The molecule has 3 rings (SSSR count). The third kappa shape index (κ3) is 6.58. The van der Waals surface area contributed by atoms with Crippen LogP contribution < -0.4 is 26.6 Å². The summed E-state index contributed by atoms with van der Waals surface area (Å²) in [5.74, 6) is -1.62. The second-order valence-electron chi connectivity index (χ2n) is 8.17. The van der Waals surface area contributed by atoms with E-state index in [0.29, 0.717) is 37.9 Å². The second kappa shape index (κ2) is 11.3. The van der Waals surface area contributed by atoms with Crippen molar-refractivity contribution in [1.82, 2.24) is 21.3 Å². The van der Waals surface area contributed by atoms with E-state index in [1.165, 1.54) is 12.1 Å². The molecule has 0 spiro atoms. The largest absolute Gasteiger partial charge is 0.380 e. The first-order valence-electron chi connectivity index (χ1n) is 10.9. The van der Waals surface area contributed by atoms with Crippen molar-refractivity contribution in [2.75, 3.05) is 25.6 Å². The van der Waals surface area contributed by atoms with Crippen LogP contribution in [0.4, 0.5) is 10.1 Å². The Morgan fingerprint density at radius 1 is 1.15 bits per heavy atom. The lowest BCUT2D eigenvalue weighted by atomic mass is 9.85. The monoisotopic (exact) mass is 481 g/mol. The highest BCUT2D eigenvalue weighted by Gasteiger charge is 2.30. The number of ether oxygens (including phenoxy) is 1. The van der Waals surface area contributed by atoms with Gasteiger partial charge in [-0.3, -0.25) is 14.4 Å². The van der Waals surface area contributed by atoms with E-state index in [-0.39, 0.29) is 58.9 Å². The van der Waals surface area contributed by atoms with Gasteiger partial charge in [-0.25, -0.2) is 4.39 Å². The number of hydrogen-bond acceptors (Lipinski definition) is 6. The van der Waals surface area contributed by atoms with Crippen LogP contribution in [-0.2, 0) is 19.1 Å². The number of hydrogen-bond donors (Lipinski definition) is 5. The van der Waals surface area contributed by atoms with Gasteiger partial charge in [0, 0.05) is 25.6 Å². The van der Waals surface area contributed by atoms with Crippen molar-refractivity contribution in [3.8, 4) is 0 Å². The standard InChI is InChI=1S/C22H29ClFN5O4/c1-12(33-2)10-25-21(31)18-19(27-11-26-18)22(32)28-15-6-3-13(4-7-15)20(30)29-17-8-5-14(24)9-16(17)23/h5,8-9,12-13,15,26-27H,3-4,6-7,10-11H2,1-2H3,(H,25,31)(H,28,32)(H,29,30)/t12?,13-,15-. The van der Waals surface area contributed by atoms with E-state index in [2.05, 4.69) is 26.6 Å². The highest BCUT2D eigenvalue weighted by molar-refractivity contribution is 6.33. The molecule has 180 valence electrons. The summed E-state index contributed by atoms with van der Waals surface area (Å²) < 4.78 is 18.3. The van der Waals surface area contributed by atoms with Crippen LogP contribution in [0.5, 0.6) is 0 Å². The van der Waals surface area contributed by atoms with E-state index < -0.39 is 5.82 Å². The molecule has 1 heterocycles. The Morgan fingerprint density at radius 2 is 1.82 bits per heavy atom. The number of methoxy groups -OCH3 is 1. The Morgan fingerprint density at radius 3 is 2.45 bits per heavy atom. The van der Waals surface area contributed by atoms with Gasteiger partial charge < -0.3 is 31.3 Å². The molecule has 0 aromatic heterocycles. The number of anilines is 1. The molecule has 1 atom stereocenters. The molecule has 1 aliphatic heterocycles. The summed E-state index contributed by atoms with van der Waals surface area (Å²) in [7, 11) is 1.56. The Kier molecular flexibility index (Phi) is 8.51. The predicted molar refractivity (Wildman–Crippen MR) is 122 cm³/mol. The zero-order valence-corrected chi connectivity index (χ0v) is 19.4. The van der Waals surface area contributed by atoms with Crippen molar-refractivity contribution in [3.63, 3.8) is 0 Å². The van der Waals surface area contributed by atoms with Gasteiger partial charge in [-0.2, -0.15) is 0 Å². The summed E-state index contributed by atoms with van der Waals surface area (Å²) >= 11 is 5.98. The number of carbonyl (C=O) groups is 3. The van der Waals surface area contributed by atoms with E-state index in [1.54, 1.807) is 7.11 Å². The van der Waals surface area contributed by atoms with Gasteiger partial charge in [0.05, 0.1) is 23.5 Å². The SMILES string of the molecule is COC(C)CNC(=O)C1=C(C(=O)N[C@H]2CC[C@H](C(=O)Nc3ccc(F)cc3Cl)CC2)NCN1. The summed E-state index contributed by atoms with van der Waals surface area (Å²) in [5, 5.41) is 14.4. The zero-order valence-electron chi connectivity index (χ0n) is 18.6. The molecular formula is C22H29ClFN5O4. The minimum Gasteiger partial charge on any atom is -0.380 e. The van der Waals surface area contributed by atoms with E-state index in [0.717, 1.165) is 6.07 Å². The first-order valence-corrected chi connectivity index (χ1v) is 11.3. The Labute approximate surface area is 196 Å². The van der Waals surface area contributed by atoms with Crippen molar-refractivity contribution >= 4 is 35.0 Å². The van der Waals surface area contributed by atoms with Crippen LogP contribution in [0.2, 0.25) is 5.02 Å². The molecule has 9 nitrogen and oxygen atoms in total. The van der Waals surface area contributed by atoms with Crippen LogP contribution in [0, 0.1) is 11.7 Å². The Hall–Kier alpha value is -2.85. The maximum absolute atomic E-state index is 13.2. The van der Waals surface area contributed by atoms with Crippen LogP contribution in [0.15, 0.2) is 29.6 Å². The van der Waals surface area contributed by atoms with Gasteiger partial charge in [0.1, 0.15) is 17.2 Å². The molecule has 5 N–H and O–H groups in total. The van der Waals surface area contributed by atoms with Gasteiger partial charge in [0.15, 0.2) is 0 Å². The van der Waals surface area contributed by atoms with Crippen LogP contribution in [0.1, 0.15) is 32.6 Å². The van der Waals surface area contributed by atoms with Crippen LogP contribution in [0.3, 0.4) is 0 Å². The van der Waals surface area contributed by atoms with E-state index >= 15 is 0 Å². The molecule has 1 fully saturated rings. The van der Waals surface area contributed by atoms with Crippen LogP contribution >= 0.6 is 11.6 Å². The normalized spacial score (nSPS) is 21.0. The molecule has 11 heteroatoms. The molecular weight excluding hydrogens is 453 g/mol. The molecule has 0 radical (unpaired) electrons. The average molecular weight is 482 g/mol. The van der Waals surface area contributed by atoms with Crippen molar-refractivity contribution in [3.05, 3.63) is 40.4 Å². The molecule has 1 saturated carbocycles. The molecule has 1 unspecified atom stereocenters. The number of benzene rings is 1. The fourth-order valence-electron chi connectivity index (χ4n) is 3.78. The second-order valence-corrected chi connectivity index (χ2v) is 8.58. The fourth-order valence-corrected chi connectivity index (χ4v) is 3.99. The summed E-state index contributed by atoms with van der Waals surface area (Å²) in [6, 6.07) is 3.71. The van der Waals surface area contributed by atoms with Crippen molar-refractivity contribution in [2.24, 2.45) is 5.92 Å². The fraction of sp³-hybridized carbons (Fsp3) is 0.500. The molecule has 2 aliphatic rings. The van der Waals surface area contributed by atoms with Gasteiger partial charge in [-0.05, 0) is 50.8 Å². The molecule has 1 aromatic carbocycles. The quantitative estimate of drug-likeness (QED) is 0.384. The zero-order chi connectivity index (χ0) is 24.0. The van der Waals surface area contributed by atoms with Crippen molar-refractivity contribution in [2.45, 2.75) is 44.8 Å². The van der Waals surface area contributed by atoms with Gasteiger partial charge >= 0.3 is 0 Å². The smallest absolute Gasteiger partial charge is 0.269 e.